The van der Waals surface area contributed by atoms with E-state index in [0.717, 1.165) is 24.8 Å². The predicted octanol–water partition coefficient (Wildman–Crippen LogP) is 4.48. The lowest BCUT2D eigenvalue weighted by Crippen LogP contribution is -2.22. The van der Waals surface area contributed by atoms with Gasteiger partial charge >= 0.3 is 0 Å². The van der Waals surface area contributed by atoms with Gasteiger partial charge in [0.05, 0.1) is 0 Å². The lowest BCUT2D eigenvalue weighted by atomic mass is 9.80. The van der Waals surface area contributed by atoms with Crippen LogP contribution < -0.4 is 0 Å². The van der Waals surface area contributed by atoms with Crippen LogP contribution in [-0.2, 0) is 0 Å². The van der Waals surface area contributed by atoms with Gasteiger partial charge in [-0.05, 0) is 24.5 Å². The summed E-state index contributed by atoms with van der Waals surface area (Å²) in [6.07, 6.45) is 3.00. The fraction of sp³-hybridized carbons (Fsp3) is 0.235. The molecule has 0 radical (unpaired) electrons. The van der Waals surface area contributed by atoms with Crippen molar-refractivity contribution in [3.8, 4) is 11.1 Å². The number of ketones is 1. The molecule has 0 N–H and O–H groups in total. The Morgan fingerprint density at radius 1 is 1.05 bits per heavy atom. The summed E-state index contributed by atoms with van der Waals surface area (Å²) in [7, 11) is 0. The monoisotopic (exact) mass is 254 g/mol. The highest BCUT2D eigenvalue weighted by Crippen LogP contribution is 2.31. The number of carbonyl (C=O) groups excluding carboxylic acids is 1. The summed E-state index contributed by atoms with van der Waals surface area (Å²) in [5.74, 6) is -0.122. The van der Waals surface area contributed by atoms with Crippen LogP contribution in [0.3, 0.4) is 0 Å². The molecule has 3 rings (SSSR count). The molecule has 0 heterocycles. The number of hydrogen-bond acceptors (Lipinski definition) is 1. The van der Waals surface area contributed by atoms with E-state index in [0.29, 0.717) is 11.1 Å². The number of halogens is 1. The smallest absolute Gasteiger partial charge is 0.166 e. The molecular formula is C17H15FO. The van der Waals surface area contributed by atoms with E-state index in [2.05, 4.69) is 0 Å². The predicted molar refractivity (Wildman–Crippen MR) is 73.5 cm³/mol. The van der Waals surface area contributed by atoms with Gasteiger partial charge < -0.3 is 0 Å². The van der Waals surface area contributed by atoms with Crippen molar-refractivity contribution in [1.29, 1.82) is 0 Å². The first-order chi connectivity index (χ1) is 9.25. The van der Waals surface area contributed by atoms with E-state index in [-0.39, 0.29) is 17.5 Å². The minimum Gasteiger partial charge on any atom is -0.294 e. The maximum Gasteiger partial charge on any atom is 0.166 e. The van der Waals surface area contributed by atoms with Gasteiger partial charge in [0.1, 0.15) is 5.82 Å². The molecular weight excluding hydrogens is 239 g/mol. The largest absolute Gasteiger partial charge is 0.294 e. The van der Waals surface area contributed by atoms with Gasteiger partial charge in [-0.1, -0.05) is 48.9 Å². The van der Waals surface area contributed by atoms with Crippen LogP contribution in [0.2, 0.25) is 0 Å². The Morgan fingerprint density at radius 2 is 1.79 bits per heavy atom. The summed E-state index contributed by atoms with van der Waals surface area (Å²) in [5.41, 5.74) is 1.88. The highest BCUT2D eigenvalue weighted by Gasteiger charge is 2.26. The number of Topliss-reactive ketones (excluding diaryl/α,β-unsaturated/α-hetero) is 1. The van der Waals surface area contributed by atoms with Gasteiger partial charge in [-0.25, -0.2) is 4.39 Å². The van der Waals surface area contributed by atoms with Gasteiger partial charge in [-0.15, -0.1) is 0 Å². The Hall–Kier alpha value is -1.96. The molecule has 0 aliphatic heterocycles. The molecule has 1 nitrogen and oxygen atoms in total. The Morgan fingerprint density at radius 3 is 2.37 bits per heavy atom. The Kier molecular flexibility index (Phi) is 3.16. The zero-order valence-corrected chi connectivity index (χ0v) is 10.6. The van der Waals surface area contributed by atoms with Gasteiger partial charge in [0.15, 0.2) is 5.78 Å². The summed E-state index contributed by atoms with van der Waals surface area (Å²) in [4.78, 5) is 12.1. The lowest BCUT2D eigenvalue weighted by molar-refractivity contribution is 0.0855. The van der Waals surface area contributed by atoms with E-state index < -0.39 is 0 Å². The molecule has 2 heteroatoms. The molecule has 96 valence electrons. The average molecular weight is 254 g/mol. The fourth-order valence-electron chi connectivity index (χ4n) is 2.43. The summed E-state index contributed by atoms with van der Waals surface area (Å²) >= 11 is 0. The van der Waals surface area contributed by atoms with E-state index >= 15 is 0 Å². The van der Waals surface area contributed by atoms with Gasteiger partial charge in [0.2, 0.25) is 0 Å². The minimum absolute atomic E-state index is 0.0877. The Balaban J connectivity index is 1.92. The highest BCUT2D eigenvalue weighted by molar-refractivity contribution is 5.98. The van der Waals surface area contributed by atoms with Crippen LogP contribution in [0.25, 0.3) is 11.1 Å². The van der Waals surface area contributed by atoms with Gasteiger partial charge in [0.25, 0.3) is 0 Å². The number of carbonyl (C=O) groups is 1. The quantitative estimate of drug-likeness (QED) is 0.738. The van der Waals surface area contributed by atoms with Crippen molar-refractivity contribution in [3.63, 3.8) is 0 Å². The second-order valence-corrected chi connectivity index (χ2v) is 5.05. The van der Waals surface area contributed by atoms with Crippen LogP contribution >= 0.6 is 0 Å². The zero-order valence-electron chi connectivity index (χ0n) is 10.6. The maximum absolute atomic E-state index is 14.1. The topological polar surface area (TPSA) is 17.1 Å². The fourth-order valence-corrected chi connectivity index (χ4v) is 2.43. The van der Waals surface area contributed by atoms with Gasteiger partial charge in [-0.3, -0.25) is 4.79 Å². The maximum atomic E-state index is 14.1. The molecule has 2 aromatic rings. The van der Waals surface area contributed by atoms with Crippen LogP contribution in [-0.4, -0.2) is 5.78 Å². The molecule has 0 unspecified atom stereocenters. The van der Waals surface area contributed by atoms with Crippen LogP contribution in [0.4, 0.5) is 4.39 Å². The molecule has 0 saturated heterocycles. The molecule has 19 heavy (non-hydrogen) atoms. The Labute approximate surface area is 112 Å². The van der Waals surface area contributed by atoms with Crippen molar-refractivity contribution in [3.05, 3.63) is 59.9 Å². The third kappa shape index (κ3) is 2.30. The molecule has 0 bridgehead atoms. The van der Waals surface area contributed by atoms with E-state index in [1.165, 1.54) is 6.07 Å². The first-order valence-electron chi connectivity index (χ1n) is 6.65. The highest BCUT2D eigenvalue weighted by atomic mass is 19.1. The molecule has 0 atom stereocenters. The summed E-state index contributed by atoms with van der Waals surface area (Å²) < 4.78 is 14.1. The van der Waals surface area contributed by atoms with Crippen LogP contribution in [0.1, 0.15) is 29.6 Å². The SMILES string of the molecule is O=C(c1ccc(-c2ccccc2)c(F)c1)C1CCC1. The van der Waals surface area contributed by atoms with Crippen molar-refractivity contribution in [2.75, 3.05) is 0 Å². The first kappa shape index (κ1) is 12.1. The van der Waals surface area contributed by atoms with Crippen molar-refractivity contribution < 1.29 is 9.18 Å². The second kappa shape index (κ2) is 4.96. The summed E-state index contributed by atoms with van der Waals surface area (Å²) in [6.45, 7) is 0. The van der Waals surface area contributed by atoms with Crippen LogP contribution in [0.15, 0.2) is 48.5 Å². The number of rotatable bonds is 3. The minimum atomic E-state index is -0.323. The lowest BCUT2D eigenvalue weighted by Gasteiger charge is -2.23. The molecule has 0 aromatic heterocycles. The van der Waals surface area contributed by atoms with Crippen LogP contribution in [0.5, 0.6) is 0 Å². The number of hydrogen-bond donors (Lipinski definition) is 0. The summed E-state index contributed by atoms with van der Waals surface area (Å²) in [5, 5.41) is 0. The number of benzene rings is 2. The normalized spacial score (nSPS) is 15.0. The first-order valence-corrected chi connectivity index (χ1v) is 6.65. The van der Waals surface area contributed by atoms with Gasteiger partial charge in [-0.2, -0.15) is 0 Å². The van der Waals surface area contributed by atoms with Crippen molar-refractivity contribution in [1.82, 2.24) is 0 Å². The molecule has 1 saturated carbocycles. The van der Waals surface area contributed by atoms with Gasteiger partial charge in [0, 0.05) is 17.0 Å². The Bertz CT molecular complexity index is 600. The van der Waals surface area contributed by atoms with Crippen LogP contribution in [0, 0.1) is 11.7 Å². The molecule has 2 aromatic carbocycles. The third-order valence-electron chi connectivity index (χ3n) is 3.81. The van der Waals surface area contributed by atoms with E-state index in [1.807, 2.05) is 30.3 Å². The third-order valence-corrected chi connectivity index (χ3v) is 3.81. The van der Waals surface area contributed by atoms with E-state index in [4.69, 9.17) is 0 Å². The van der Waals surface area contributed by atoms with Crippen molar-refractivity contribution in [2.24, 2.45) is 5.92 Å². The van der Waals surface area contributed by atoms with E-state index in [9.17, 15) is 9.18 Å². The van der Waals surface area contributed by atoms with Crippen molar-refractivity contribution in [2.45, 2.75) is 19.3 Å². The van der Waals surface area contributed by atoms with E-state index in [1.54, 1.807) is 12.1 Å². The average Bonchev–Trinajstić information content (AvgIpc) is 2.37. The zero-order chi connectivity index (χ0) is 13.2. The molecule has 0 amide bonds. The molecule has 1 aliphatic rings. The molecule has 1 fully saturated rings. The second-order valence-electron chi connectivity index (χ2n) is 5.05. The summed E-state index contributed by atoms with van der Waals surface area (Å²) in [6, 6.07) is 14.2. The van der Waals surface area contributed by atoms with Crippen molar-refractivity contribution >= 4 is 5.78 Å². The molecule has 0 spiro atoms. The standard InChI is InChI=1S/C17H15FO/c18-16-11-14(17(19)13-7-4-8-13)9-10-15(16)12-5-2-1-3-6-12/h1-3,5-6,9-11,13H,4,7-8H2. The molecule has 1 aliphatic carbocycles.